The molecule has 5 nitrogen and oxygen atoms in total. The van der Waals surface area contributed by atoms with E-state index in [1.54, 1.807) is 16.8 Å². The van der Waals surface area contributed by atoms with Gasteiger partial charge in [0.05, 0.1) is 0 Å². The minimum absolute atomic E-state index is 0.130. The Bertz CT molecular complexity index is 1160. The van der Waals surface area contributed by atoms with Crippen molar-refractivity contribution in [2.75, 3.05) is 5.32 Å². The number of benzene rings is 2. The molecule has 30 heavy (non-hydrogen) atoms. The van der Waals surface area contributed by atoms with Gasteiger partial charge in [-0.15, -0.1) is 5.10 Å². The maximum Gasteiger partial charge on any atom is 0.227 e. The Balaban J connectivity index is 1.51. The van der Waals surface area contributed by atoms with Crippen LogP contribution in [0.3, 0.4) is 0 Å². The molecule has 0 saturated carbocycles. The summed E-state index contributed by atoms with van der Waals surface area (Å²) in [5.41, 5.74) is 3.19. The minimum atomic E-state index is -0.350. The van der Waals surface area contributed by atoms with E-state index in [4.69, 9.17) is 11.6 Å². The van der Waals surface area contributed by atoms with E-state index in [2.05, 4.69) is 15.4 Å². The maximum atomic E-state index is 14.0. The molecule has 1 aromatic heterocycles. The summed E-state index contributed by atoms with van der Waals surface area (Å²) in [6, 6.07) is 13.8. The molecular formula is C22H18ClFN4OS. The van der Waals surface area contributed by atoms with Crippen LogP contribution in [0.15, 0.2) is 65.0 Å². The first-order chi connectivity index (χ1) is 14.6. The molecule has 0 unspecified atom stereocenters. The molecule has 0 spiro atoms. The topological polar surface area (TPSA) is 59.8 Å². The zero-order chi connectivity index (χ0) is 20.7. The van der Waals surface area contributed by atoms with Crippen molar-refractivity contribution in [2.45, 2.75) is 36.2 Å². The summed E-state index contributed by atoms with van der Waals surface area (Å²) in [6.45, 7) is 0. The van der Waals surface area contributed by atoms with Gasteiger partial charge in [0.2, 0.25) is 11.1 Å². The van der Waals surface area contributed by atoms with Gasteiger partial charge in [-0.3, -0.25) is 4.79 Å². The molecule has 1 N–H and O–H groups in total. The second kappa shape index (κ2) is 7.89. The van der Waals surface area contributed by atoms with Crippen LogP contribution in [0.4, 0.5) is 10.3 Å². The highest BCUT2D eigenvalue weighted by Crippen LogP contribution is 2.40. The third kappa shape index (κ3) is 3.52. The lowest BCUT2D eigenvalue weighted by Gasteiger charge is -2.32. The second-order valence-electron chi connectivity index (χ2n) is 7.29. The number of aromatic nitrogens is 3. The number of hydrogen-bond donors (Lipinski definition) is 1. The van der Waals surface area contributed by atoms with Crippen LogP contribution in [0.2, 0.25) is 5.02 Å². The third-order valence-electron chi connectivity index (χ3n) is 5.35. The smallest absolute Gasteiger partial charge is 0.227 e. The molecule has 0 radical (unpaired) electrons. The number of anilines is 1. The van der Waals surface area contributed by atoms with Crippen LogP contribution < -0.4 is 5.32 Å². The van der Waals surface area contributed by atoms with Gasteiger partial charge in [-0.25, -0.2) is 9.07 Å². The van der Waals surface area contributed by atoms with Crippen LogP contribution in [0, 0.1) is 5.82 Å². The molecule has 2 aliphatic rings. The van der Waals surface area contributed by atoms with Crippen LogP contribution in [0.1, 0.15) is 36.4 Å². The van der Waals surface area contributed by atoms with Crippen LogP contribution in [0.25, 0.3) is 0 Å². The number of ketones is 1. The molecule has 3 aromatic rings. The number of rotatable bonds is 4. The van der Waals surface area contributed by atoms with Crippen LogP contribution >= 0.6 is 23.4 Å². The van der Waals surface area contributed by atoms with Gasteiger partial charge in [0.15, 0.2) is 5.78 Å². The molecule has 152 valence electrons. The van der Waals surface area contributed by atoms with E-state index in [1.807, 2.05) is 30.3 Å². The molecule has 1 atom stereocenters. The van der Waals surface area contributed by atoms with E-state index in [0.29, 0.717) is 33.9 Å². The van der Waals surface area contributed by atoms with E-state index in [1.165, 1.54) is 17.8 Å². The zero-order valence-electron chi connectivity index (χ0n) is 15.9. The summed E-state index contributed by atoms with van der Waals surface area (Å²) in [5.74, 6) is 0.909. The number of nitrogens with one attached hydrogen (secondary N) is 1. The fourth-order valence-corrected chi connectivity index (χ4v) is 4.85. The Kier molecular flexibility index (Phi) is 5.08. The van der Waals surface area contributed by atoms with E-state index >= 15 is 0 Å². The second-order valence-corrected chi connectivity index (χ2v) is 8.67. The third-order valence-corrected chi connectivity index (χ3v) is 6.49. The number of carbonyl (C=O) groups is 1. The molecule has 1 aliphatic carbocycles. The van der Waals surface area contributed by atoms with Crippen LogP contribution in [0.5, 0.6) is 0 Å². The Morgan fingerprint density at radius 2 is 1.97 bits per heavy atom. The summed E-state index contributed by atoms with van der Waals surface area (Å²) in [5, 5.41) is 9.14. The van der Waals surface area contributed by atoms with Crippen molar-refractivity contribution < 1.29 is 9.18 Å². The van der Waals surface area contributed by atoms with Crippen molar-refractivity contribution in [1.82, 2.24) is 14.8 Å². The average Bonchev–Trinajstić information content (AvgIpc) is 3.15. The first kappa shape index (κ1) is 19.3. The van der Waals surface area contributed by atoms with E-state index in [9.17, 15) is 9.18 Å². The summed E-state index contributed by atoms with van der Waals surface area (Å²) in [7, 11) is 0. The summed E-state index contributed by atoms with van der Waals surface area (Å²) in [6.07, 6.45) is 2.15. The molecule has 0 bridgehead atoms. The fourth-order valence-electron chi connectivity index (χ4n) is 3.91. The molecule has 1 aliphatic heterocycles. The number of fused-ring (bicyclic) bond motifs is 1. The lowest BCUT2D eigenvalue weighted by Crippen LogP contribution is -2.31. The van der Waals surface area contributed by atoms with Crippen molar-refractivity contribution >= 4 is 35.1 Å². The van der Waals surface area contributed by atoms with Gasteiger partial charge in [0, 0.05) is 28.5 Å². The SMILES string of the molecule is O=C1CCCC2=C1[C@@H](c1ccc(Cl)cc1)n1nc(SCc3ccccc3F)nc1N2. The highest BCUT2D eigenvalue weighted by atomic mass is 35.5. The van der Waals surface area contributed by atoms with E-state index in [-0.39, 0.29) is 17.6 Å². The largest absolute Gasteiger partial charge is 0.328 e. The van der Waals surface area contributed by atoms with Crippen molar-refractivity contribution in [3.05, 3.63) is 81.8 Å². The predicted molar refractivity (Wildman–Crippen MR) is 115 cm³/mol. The van der Waals surface area contributed by atoms with Gasteiger partial charge < -0.3 is 5.32 Å². The monoisotopic (exact) mass is 440 g/mol. The van der Waals surface area contributed by atoms with Gasteiger partial charge >= 0.3 is 0 Å². The quantitative estimate of drug-likeness (QED) is 0.551. The average molecular weight is 441 g/mol. The van der Waals surface area contributed by atoms with Gasteiger partial charge in [0.25, 0.3) is 0 Å². The number of Topliss-reactive ketones (excluding diaryl/α,β-unsaturated/α-hetero) is 1. The number of nitrogens with zero attached hydrogens (tertiary/aromatic N) is 3. The minimum Gasteiger partial charge on any atom is -0.328 e. The summed E-state index contributed by atoms with van der Waals surface area (Å²) in [4.78, 5) is 17.4. The number of thioether (sulfide) groups is 1. The summed E-state index contributed by atoms with van der Waals surface area (Å²) >= 11 is 7.44. The molecule has 5 rings (SSSR count). The standard InChI is InChI=1S/C22H18ClFN4OS/c23-15-10-8-13(9-11-15)20-19-17(6-3-7-18(19)29)25-21-26-22(27-28(20)21)30-12-14-4-1-2-5-16(14)24/h1-2,4-5,8-11,20H,3,6-7,12H2,(H,25,26,27)/t20-/m1/s1. The molecule has 0 amide bonds. The molecule has 2 aromatic carbocycles. The Morgan fingerprint density at radius 3 is 2.77 bits per heavy atom. The highest BCUT2D eigenvalue weighted by molar-refractivity contribution is 7.98. The van der Waals surface area contributed by atoms with Crippen LogP contribution in [-0.4, -0.2) is 20.5 Å². The number of allylic oxidation sites excluding steroid dienone is 2. The molecule has 2 heterocycles. The first-order valence-corrected chi connectivity index (χ1v) is 11.1. The number of hydrogen-bond acceptors (Lipinski definition) is 5. The lowest BCUT2D eigenvalue weighted by atomic mass is 9.85. The van der Waals surface area contributed by atoms with E-state index in [0.717, 1.165) is 29.7 Å². The van der Waals surface area contributed by atoms with Crippen LogP contribution in [-0.2, 0) is 10.5 Å². The number of carbonyl (C=O) groups excluding carboxylic acids is 1. The molecular weight excluding hydrogens is 423 g/mol. The molecule has 0 saturated heterocycles. The normalized spacial score (nSPS) is 18.1. The van der Waals surface area contributed by atoms with E-state index < -0.39 is 0 Å². The predicted octanol–water partition coefficient (Wildman–Crippen LogP) is 5.38. The Labute approximate surface area is 182 Å². The van der Waals surface area contributed by atoms with Gasteiger partial charge in [-0.1, -0.05) is 53.7 Å². The van der Waals surface area contributed by atoms with Gasteiger partial charge in [0.1, 0.15) is 11.9 Å². The Morgan fingerprint density at radius 1 is 1.17 bits per heavy atom. The van der Waals surface area contributed by atoms with Crippen molar-refractivity contribution in [2.24, 2.45) is 0 Å². The first-order valence-electron chi connectivity index (χ1n) is 9.71. The fraction of sp³-hybridized carbons (Fsp3) is 0.227. The van der Waals surface area contributed by atoms with Crippen molar-refractivity contribution in [3.8, 4) is 0 Å². The Hall–Kier alpha value is -2.64. The van der Waals surface area contributed by atoms with Gasteiger partial charge in [-0.05, 0) is 42.2 Å². The molecule has 8 heteroatoms. The summed E-state index contributed by atoms with van der Waals surface area (Å²) < 4.78 is 15.7. The zero-order valence-corrected chi connectivity index (χ0v) is 17.5. The molecule has 0 fully saturated rings. The van der Waals surface area contributed by atoms with Crippen molar-refractivity contribution in [3.63, 3.8) is 0 Å². The van der Waals surface area contributed by atoms with Crippen molar-refractivity contribution in [1.29, 1.82) is 0 Å². The maximum absolute atomic E-state index is 14.0. The van der Waals surface area contributed by atoms with Gasteiger partial charge in [-0.2, -0.15) is 4.98 Å². The highest BCUT2D eigenvalue weighted by Gasteiger charge is 2.36. The lowest BCUT2D eigenvalue weighted by molar-refractivity contribution is -0.116. The number of halogens is 2.